The Balaban J connectivity index is 2.40. The SMILES string of the molecule is COc1ccc(OC)c(C(C)(O)C2CCOC2)c1. The summed E-state index contributed by atoms with van der Waals surface area (Å²) in [5.41, 5.74) is -0.226. The second kappa shape index (κ2) is 5.16. The average molecular weight is 252 g/mol. The van der Waals surface area contributed by atoms with E-state index in [2.05, 4.69) is 0 Å². The third-order valence-corrected chi connectivity index (χ3v) is 3.68. The number of aliphatic hydroxyl groups is 1. The Kier molecular flexibility index (Phi) is 3.78. The van der Waals surface area contributed by atoms with Gasteiger partial charge in [-0.3, -0.25) is 0 Å². The van der Waals surface area contributed by atoms with E-state index >= 15 is 0 Å². The Morgan fingerprint density at radius 3 is 2.67 bits per heavy atom. The molecule has 18 heavy (non-hydrogen) atoms. The minimum atomic E-state index is -0.976. The van der Waals surface area contributed by atoms with Crippen molar-refractivity contribution >= 4 is 0 Å². The Morgan fingerprint density at radius 1 is 1.33 bits per heavy atom. The van der Waals surface area contributed by atoms with Gasteiger partial charge in [-0.25, -0.2) is 0 Å². The summed E-state index contributed by atoms with van der Waals surface area (Å²) in [7, 11) is 3.21. The summed E-state index contributed by atoms with van der Waals surface area (Å²) in [6.45, 7) is 3.09. The summed E-state index contributed by atoms with van der Waals surface area (Å²) < 4.78 is 15.9. The fourth-order valence-corrected chi connectivity index (χ4v) is 2.41. The van der Waals surface area contributed by atoms with Crippen LogP contribution >= 0.6 is 0 Å². The summed E-state index contributed by atoms with van der Waals surface area (Å²) >= 11 is 0. The van der Waals surface area contributed by atoms with Gasteiger partial charge in [0, 0.05) is 18.1 Å². The van der Waals surface area contributed by atoms with Crippen LogP contribution in [-0.2, 0) is 10.3 Å². The van der Waals surface area contributed by atoms with Crippen molar-refractivity contribution in [2.24, 2.45) is 5.92 Å². The molecule has 1 aliphatic rings. The molecule has 2 rings (SSSR count). The minimum absolute atomic E-state index is 0.0820. The van der Waals surface area contributed by atoms with Crippen molar-refractivity contribution in [2.45, 2.75) is 18.9 Å². The van der Waals surface area contributed by atoms with Crippen molar-refractivity contribution in [3.8, 4) is 11.5 Å². The van der Waals surface area contributed by atoms with Crippen LogP contribution < -0.4 is 9.47 Å². The van der Waals surface area contributed by atoms with Gasteiger partial charge in [0.25, 0.3) is 0 Å². The summed E-state index contributed by atoms with van der Waals surface area (Å²) in [5, 5.41) is 10.8. The zero-order chi connectivity index (χ0) is 13.2. The molecular formula is C14H20O4. The van der Waals surface area contributed by atoms with E-state index in [0.717, 1.165) is 12.0 Å². The molecule has 0 radical (unpaired) electrons. The van der Waals surface area contributed by atoms with E-state index in [0.29, 0.717) is 24.7 Å². The average Bonchev–Trinajstić information content (AvgIpc) is 2.92. The second-order valence-electron chi connectivity index (χ2n) is 4.77. The number of methoxy groups -OCH3 is 2. The lowest BCUT2D eigenvalue weighted by molar-refractivity contribution is -0.0116. The minimum Gasteiger partial charge on any atom is -0.497 e. The van der Waals surface area contributed by atoms with Gasteiger partial charge in [0.1, 0.15) is 11.5 Å². The van der Waals surface area contributed by atoms with Crippen LogP contribution in [0.25, 0.3) is 0 Å². The van der Waals surface area contributed by atoms with Crippen LogP contribution in [0.15, 0.2) is 18.2 Å². The number of hydrogen-bond acceptors (Lipinski definition) is 4. The molecule has 4 heteroatoms. The van der Waals surface area contributed by atoms with Crippen molar-refractivity contribution in [3.63, 3.8) is 0 Å². The fraction of sp³-hybridized carbons (Fsp3) is 0.571. The highest BCUT2D eigenvalue weighted by Gasteiger charge is 2.38. The third-order valence-electron chi connectivity index (χ3n) is 3.68. The summed E-state index contributed by atoms with van der Waals surface area (Å²) in [4.78, 5) is 0. The van der Waals surface area contributed by atoms with Crippen molar-refractivity contribution in [2.75, 3.05) is 27.4 Å². The molecular weight excluding hydrogens is 232 g/mol. The first-order valence-electron chi connectivity index (χ1n) is 6.12. The molecule has 1 aliphatic heterocycles. The lowest BCUT2D eigenvalue weighted by Crippen LogP contribution is -2.32. The van der Waals surface area contributed by atoms with Crippen LogP contribution in [0.3, 0.4) is 0 Å². The molecule has 1 saturated heterocycles. The largest absolute Gasteiger partial charge is 0.497 e. The van der Waals surface area contributed by atoms with E-state index in [1.807, 2.05) is 25.1 Å². The number of ether oxygens (including phenoxy) is 3. The van der Waals surface area contributed by atoms with E-state index < -0.39 is 5.60 Å². The molecule has 2 atom stereocenters. The summed E-state index contributed by atoms with van der Waals surface area (Å²) in [6.07, 6.45) is 0.855. The first-order valence-corrected chi connectivity index (χ1v) is 6.12. The Morgan fingerprint density at radius 2 is 2.11 bits per heavy atom. The Bertz CT molecular complexity index is 408. The van der Waals surface area contributed by atoms with E-state index in [4.69, 9.17) is 14.2 Å². The molecule has 0 aromatic heterocycles. The molecule has 4 nitrogen and oxygen atoms in total. The molecule has 0 bridgehead atoms. The second-order valence-corrected chi connectivity index (χ2v) is 4.77. The highest BCUT2D eigenvalue weighted by atomic mass is 16.5. The van der Waals surface area contributed by atoms with Crippen LogP contribution in [0.5, 0.6) is 11.5 Å². The zero-order valence-electron chi connectivity index (χ0n) is 11.1. The van der Waals surface area contributed by atoms with E-state index in [-0.39, 0.29) is 5.92 Å². The zero-order valence-corrected chi connectivity index (χ0v) is 11.1. The van der Waals surface area contributed by atoms with Crippen LogP contribution in [0, 0.1) is 5.92 Å². The van der Waals surface area contributed by atoms with Crippen LogP contribution in [-0.4, -0.2) is 32.5 Å². The van der Waals surface area contributed by atoms with Crippen LogP contribution in [0.4, 0.5) is 0 Å². The fourth-order valence-electron chi connectivity index (χ4n) is 2.41. The van der Waals surface area contributed by atoms with Gasteiger partial charge in [0.05, 0.1) is 26.4 Å². The van der Waals surface area contributed by atoms with Gasteiger partial charge >= 0.3 is 0 Å². The number of rotatable bonds is 4. The van der Waals surface area contributed by atoms with Gasteiger partial charge in [0.15, 0.2) is 0 Å². The van der Waals surface area contributed by atoms with E-state index in [1.165, 1.54) is 0 Å². The maximum absolute atomic E-state index is 10.8. The molecule has 0 aliphatic carbocycles. The number of benzene rings is 1. The molecule has 1 fully saturated rings. The smallest absolute Gasteiger partial charge is 0.125 e. The Labute approximate surface area is 107 Å². The van der Waals surface area contributed by atoms with Crippen molar-refractivity contribution in [1.82, 2.24) is 0 Å². The van der Waals surface area contributed by atoms with Crippen molar-refractivity contribution in [3.05, 3.63) is 23.8 Å². The standard InChI is InChI=1S/C14H20O4/c1-14(15,10-6-7-18-9-10)12-8-11(16-2)4-5-13(12)17-3/h4-5,8,10,15H,6-7,9H2,1-3H3. The Hall–Kier alpha value is -1.26. The third kappa shape index (κ3) is 2.31. The summed E-state index contributed by atoms with van der Waals surface area (Å²) in [5.74, 6) is 1.47. The molecule has 100 valence electrons. The predicted octanol–water partition coefficient (Wildman–Crippen LogP) is 1.95. The highest BCUT2D eigenvalue weighted by molar-refractivity contribution is 5.44. The molecule has 0 saturated carbocycles. The lowest BCUT2D eigenvalue weighted by atomic mass is 9.82. The molecule has 1 aromatic carbocycles. The molecule has 0 amide bonds. The first-order chi connectivity index (χ1) is 8.59. The van der Waals surface area contributed by atoms with E-state index in [9.17, 15) is 5.11 Å². The van der Waals surface area contributed by atoms with Gasteiger partial charge < -0.3 is 19.3 Å². The quantitative estimate of drug-likeness (QED) is 0.889. The molecule has 1 aromatic rings. The van der Waals surface area contributed by atoms with Gasteiger partial charge in [0.2, 0.25) is 0 Å². The first kappa shape index (κ1) is 13.2. The molecule has 0 spiro atoms. The summed E-state index contributed by atoms with van der Waals surface area (Å²) in [6, 6.07) is 5.47. The van der Waals surface area contributed by atoms with Gasteiger partial charge in [-0.1, -0.05) is 0 Å². The number of hydrogen-bond donors (Lipinski definition) is 1. The molecule has 1 heterocycles. The monoisotopic (exact) mass is 252 g/mol. The van der Waals surface area contributed by atoms with Gasteiger partial charge in [-0.15, -0.1) is 0 Å². The topological polar surface area (TPSA) is 47.9 Å². The van der Waals surface area contributed by atoms with Crippen molar-refractivity contribution in [1.29, 1.82) is 0 Å². The van der Waals surface area contributed by atoms with Crippen LogP contribution in [0.1, 0.15) is 18.9 Å². The van der Waals surface area contributed by atoms with Crippen LogP contribution in [0.2, 0.25) is 0 Å². The highest BCUT2D eigenvalue weighted by Crippen LogP contribution is 2.40. The van der Waals surface area contributed by atoms with Gasteiger partial charge in [-0.05, 0) is 31.5 Å². The normalized spacial score (nSPS) is 22.6. The molecule has 1 N–H and O–H groups in total. The maximum atomic E-state index is 10.8. The van der Waals surface area contributed by atoms with Crippen molar-refractivity contribution < 1.29 is 19.3 Å². The lowest BCUT2D eigenvalue weighted by Gasteiger charge is -2.31. The van der Waals surface area contributed by atoms with E-state index in [1.54, 1.807) is 14.2 Å². The molecule has 2 unspecified atom stereocenters. The predicted molar refractivity (Wildman–Crippen MR) is 68.0 cm³/mol. The van der Waals surface area contributed by atoms with Gasteiger partial charge in [-0.2, -0.15) is 0 Å². The maximum Gasteiger partial charge on any atom is 0.125 e.